The zero-order chi connectivity index (χ0) is 13.5. The van der Waals surface area contributed by atoms with Crippen molar-refractivity contribution in [3.8, 4) is 0 Å². The number of hydrogen-bond acceptors (Lipinski definition) is 3. The van der Waals surface area contributed by atoms with Gasteiger partial charge in [-0.15, -0.1) is 0 Å². The minimum atomic E-state index is -0.578. The Balaban J connectivity index is 2.46. The van der Waals surface area contributed by atoms with Gasteiger partial charge >= 0.3 is 0 Å². The number of rotatable bonds is 3. The highest BCUT2D eigenvalue weighted by Gasteiger charge is 2.40. The van der Waals surface area contributed by atoms with Crippen LogP contribution in [-0.4, -0.2) is 28.7 Å². The van der Waals surface area contributed by atoms with Crippen LogP contribution < -0.4 is 5.73 Å². The van der Waals surface area contributed by atoms with Crippen LogP contribution in [0.2, 0.25) is 0 Å². The van der Waals surface area contributed by atoms with Crippen molar-refractivity contribution in [3.05, 3.63) is 34.9 Å². The predicted octanol–water partition coefficient (Wildman–Crippen LogP) is 1.55. The first-order valence-corrected chi connectivity index (χ1v) is 5.96. The van der Waals surface area contributed by atoms with Crippen LogP contribution in [0.15, 0.2) is 12.1 Å². The molecule has 0 bridgehead atoms. The van der Waals surface area contributed by atoms with E-state index in [9.17, 15) is 13.9 Å². The zero-order valence-electron chi connectivity index (χ0n) is 10.6. The van der Waals surface area contributed by atoms with E-state index in [0.29, 0.717) is 17.7 Å². The second kappa shape index (κ2) is 4.57. The number of hydrogen-bond donors (Lipinski definition) is 2. The average Bonchev–Trinajstić information content (AvgIpc) is 2.68. The molecule has 5 heteroatoms. The van der Waals surface area contributed by atoms with Gasteiger partial charge in [-0.3, -0.25) is 4.90 Å². The lowest BCUT2D eigenvalue weighted by molar-refractivity contribution is 0.0286. The fourth-order valence-electron chi connectivity index (χ4n) is 2.56. The van der Waals surface area contributed by atoms with E-state index < -0.39 is 17.2 Å². The zero-order valence-corrected chi connectivity index (χ0v) is 10.6. The molecule has 3 nitrogen and oxygen atoms in total. The van der Waals surface area contributed by atoms with Gasteiger partial charge < -0.3 is 10.8 Å². The molecule has 100 valence electrons. The fourth-order valence-corrected chi connectivity index (χ4v) is 2.56. The van der Waals surface area contributed by atoms with Crippen LogP contribution in [0.1, 0.15) is 31.0 Å². The molecule has 1 aromatic rings. The second-order valence-corrected chi connectivity index (χ2v) is 5.31. The minimum Gasteiger partial charge on any atom is -0.394 e. The average molecular weight is 256 g/mol. The van der Waals surface area contributed by atoms with Crippen molar-refractivity contribution in [2.75, 3.05) is 13.2 Å². The van der Waals surface area contributed by atoms with E-state index in [1.807, 2.05) is 18.7 Å². The first-order valence-electron chi connectivity index (χ1n) is 5.96. The lowest BCUT2D eigenvalue weighted by atomic mass is 10.0. The van der Waals surface area contributed by atoms with Gasteiger partial charge in [0.25, 0.3) is 0 Å². The molecule has 0 fully saturated rings. The topological polar surface area (TPSA) is 49.5 Å². The van der Waals surface area contributed by atoms with Crippen LogP contribution in [-0.2, 0) is 6.54 Å². The number of halogens is 2. The molecule has 1 aliphatic rings. The molecule has 1 aromatic carbocycles. The molecule has 0 spiro atoms. The number of fused-ring (bicyclic) bond motifs is 1. The van der Waals surface area contributed by atoms with E-state index in [1.165, 1.54) is 6.07 Å². The summed E-state index contributed by atoms with van der Waals surface area (Å²) < 4.78 is 27.1. The van der Waals surface area contributed by atoms with Crippen molar-refractivity contribution in [2.45, 2.75) is 32.0 Å². The number of aliphatic hydroxyl groups is 1. The van der Waals surface area contributed by atoms with Crippen molar-refractivity contribution in [3.63, 3.8) is 0 Å². The Morgan fingerprint density at radius 1 is 1.44 bits per heavy atom. The molecule has 0 radical (unpaired) electrons. The maximum absolute atomic E-state index is 13.9. The fraction of sp³-hybridized carbons (Fsp3) is 0.538. The summed E-state index contributed by atoms with van der Waals surface area (Å²) in [6.07, 6.45) is 0. The predicted molar refractivity (Wildman–Crippen MR) is 64.9 cm³/mol. The van der Waals surface area contributed by atoms with Crippen molar-refractivity contribution in [2.24, 2.45) is 5.73 Å². The van der Waals surface area contributed by atoms with Crippen LogP contribution >= 0.6 is 0 Å². The minimum absolute atomic E-state index is 0.0679. The van der Waals surface area contributed by atoms with E-state index in [4.69, 9.17) is 5.73 Å². The van der Waals surface area contributed by atoms with Crippen LogP contribution in [0.4, 0.5) is 8.78 Å². The summed E-state index contributed by atoms with van der Waals surface area (Å²) in [7, 11) is 0. The number of aliphatic hydroxyl groups excluding tert-OH is 1. The van der Waals surface area contributed by atoms with Gasteiger partial charge in [0, 0.05) is 30.3 Å². The molecule has 0 aromatic heterocycles. The molecular weight excluding hydrogens is 238 g/mol. The summed E-state index contributed by atoms with van der Waals surface area (Å²) in [5, 5.41) is 9.42. The summed E-state index contributed by atoms with van der Waals surface area (Å²) in [5.74, 6) is -1.14. The molecule has 0 saturated carbocycles. The number of nitrogens with zero attached hydrogens (tertiary/aromatic N) is 1. The first-order chi connectivity index (χ1) is 8.40. The molecular formula is C13H18F2N2O. The highest BCUT2D eigenvalue weighted by Crippen LogP contribution is 2.39. The molecule has 18 heavy (non-hydrogen) atoms. The van der Waals surface area contributed by atoms with Crippen molar-refractivity contribution >= 4 is 0 Å². The van der Waals surface area contributed by atoms with Gasteiger partial charge in [0.2, 0.25) is 0 Å². The first kappa shape index (κ1) is 13.4. The molecule has 0 aliphatic carbocycles. The molecule has 1 heterocycles. The van der Waals surface area contributed by atoms with Crippen molar-refractivity contribution in [1.82, 2.24) is 4.90 Å². The van der Waals surface area contributed by atoms with E-state index in [0.717, 1.165) is 6.07 Å². The van der Waals surface area contributed by atoms with Crippen molar-refractivity contribution in [1.29, 1.82) is 0 Å². The molecule has 1 atom stereocenters. The van der Waals surface area contributed by atoms with Gasteiger partial charge in [0.05, 0.1) is 12.6 Å². The maximum atomic E-state index is 13.9. The lowest BCUT2D eigenvalue weighted by Crippen LogP contribution is -2.47. The molecule has 2 rings (SSSR count). The normalized spacial score (nSPS) is 20.2. The van der Waals surface area contributed by atoms with Gasteiger partial charge in [-0.05, 0) is 25.5 Å². The third-order valence-electron chi connectivity index (χ3n) is 3.62. The molecule has 1 unspecified atom stereocenters. The van der Waals surface area contributed by atoms with E-state index in [-0.39, 0.29) is 19.2 Å². The summed E-state index contributed by atoms with van der Waals surface area (Å²) in [6, 6.07) is 1.91. The van der Waals surface area contributed by atoms with E-state index >= 15 is 0 Å². The Hall–Kier alpha value is -1.04. The standard InChI is InChI=1S/C13H18F2N2O/c1-13(2,7-18)17-6-8-3-9(14)4-10(15)12(8)11(17)5-16/h3-4,11,18H,5-7,16H2,1-2H3. The molecule has 0 saturated heterocycles. The largest absolute Gasteiger partial charge is 0.394 e. The Labute approximate surface area is 105 Å². The van der Waals surface area contributed by atoms with Gasteiger partial charge in [-0.25, -0.2) is 8.78 Å². The quantitative estimate of drug-likeness (QED) is 0.862. The summed E-state index contributed by atoms with van der Waals surface area (Å²) >= 11 is 0. The van der Waals surface area contributed by atoms with Crippen LogP contribution in [0.5, 0.6) is 0 Å². The summed E-state index contributed by atoms with van der Waals surface area (Å²) in [6.45, 7) is 4.28. The van der Waals surface area contributed by atoms with Gasteiger partial charge in [0.1, 0.15) is 11.6 Å². The Bertz CT molecular complexity index is 463. The monoisotopic (exact) mass is 256 g/mol. The highest BCUT2D eigenvalue weighted by molar-refractivity contribution is 5.37. The van der Waals surface area contributed by atoms with Gasteiger partial charge in [-0.1, -0.05) is 0 Å². The van der Waals surface area contributed by atoms with Crippen molar-refractivity contribution < 1.29 is 13.9 Å². The Morgan fingerprint density at radius 2 is 2.11 bits per heavy atom. The van der Waals surface area contributed by atoms with Gasteiger partial charge in [-0.2, -0.15) is 0 Å². The Kier molecular flexibility index (Phi) is 3.40. The summed E-state index contributed by atoms with van der Waals surface area (Å²) in [4.78, 5) is 1.92. The van der Waals surface area contributed by atoms with Crippen LogP contribution in [0, 0.1) is 11.6 Å². The summed E-state index contributed by atoms with van der Waals surface area (Å²) in [5.41, 5.74) is 6.27. The van der Waals surface area contributed by atoms with Crippen LogP contribution in [0.3, 0.4) is 0 Å². The Morgan fingerprint density at radius 3 is 2.67 bits per heavy atom. The van der Waals surface area contributed by atoms with Gasteiger partial charge in [0.15, 0.2) is 0 Å². The third-order valence-corrected chi connectivity index (χ3v) is 3.62. The molecule has 0 amide bonds. The smallest absolute Gasteiger partial charge is 0.131 e. The SMILES string of the molecule is CC(C)(CO)N1Cc2cc(F)cc(F)c2C1CN. The van der Waals surface area contributed by atoms with E-state index in [1.54, 1.807) is 0 Å². The lowest BCUT2D eigenvalue weighted by Gasteiger charge is -2.38. The molecule has 1 aliphatic heterocycles. The maximum Gasteiger partial charge on any atom is 0.131 e. The third kappa shape index (κ3) is 2.02. The van der Waals surface area contributed by atoms with Crippen LogP contribution in [0.25, 0.3) is 0 Å². The molecule has 3 N–H and O–H groups in total. The van der Waals surface area contributed by atoms with E-state index in [2.05, 4.69) is 0 Å². The number of benzene rings is 1. The highest BCUT2D eigenvalue weighted by atomic mass is 19.1. The number of nitrogens with two attached hydrogens (primary N) is 1. The second-order valence-electron chi connectivity index (χ2n) is 5.31.